The standard InChI is InChI=1S/C22H31N3O2/c26-20-18-22(10-5-2-6-11-22)21(27)25(20)13-7-12-23-14-16-24(17-15-23)19-8-3-1-4-9-19/h1,3-4,8-9H,2,5-7,10-18H2. The van der Waals surface area contributed by atoms with E-state index in [0.717, 1.165) is 64.8 Å². The van der Waals surface area contributed by atoms with E-state index in [1.54, 1.807) is 4.90 Å². The van der Waals surface area contributed by atoms with Gasteiger partial charge in [0.2, 0.25) is 11.8 Å². The first-order chi connectivity index (χ1) is 13.2. The van der Waals surface area contributed by atoms with Crippen LogP contribution in [0.1, 0.15) is 44.9 Å². The predicted octanol–water partition coefficient (Wildman–Crippen LogP) is 2.91. The Bertz CT molecular complexity index is 661. The number of piperazine rings is 1. The number of nitrogens with zero attached hydrogens (tertiary/aromatic N) is 3. The largest absolute Gasteiger partial charge is 0.369 e. The molecule has 2 saturated heterocycles. The Morgan fingerprint density at radius 2 is 1.56 bits per heavy atom. The summed E-state index contributed by atoms with van der Waals surface area (Å²) in [5, 5.41) is 0. The van der Waals surface area contributed by atoms with Crippen LogP contribution < -0.4 is 4.90 Å². The van der Waals surface area contributed by atoms with Crippen LogP contribution in [0.25, 0.3) is 0 Å². The van der Waals surface area contributed by atoms with Crippen molar-refractivity contribution in [2.75, 3.05) is 44.2 Å². The minimum atomic E-state index is -0.337. The third-order valence-corrected chi connectivity index (χ3v) is 6.65. The molecule has 1 spiro atoms. The molecule has 2 heterocycles. The highest BCUT2D eigenvalue weighted by molar-refractivity contribution is 6.05. The fourth-order valence-electron chi connectivity index (χ4n) is 5.03. The number of para-hydroxylation sites is 1. The van der Waals surface area contributed by atoms with Crippen molar-refractivity contribution in [3.63, 3.8) is 0 Å². The molecule has 5 nitrogen and oxygen atoms in total. The number of hydrogen-bond donors (Lipinski definition) is 0. The van der Waals surface area contributed by atoms with Crippen molar-refractivity contribution in [2.45, 2.75) is 44.9 Å². The van der Waals surface area contributed by atoms with E-state index in [2.05, 4.69) is 40.1 Å². The lowest BCUT2D eigenvalue weighted by Crippen LogP contribution is -2.47. The first kappa shape index (κ1) is 18.5. The minimum absolute atomic E-state index is 0.0656. The molecule has 0 N–H and O–H groups in total. The zero-order valence-corrected chi connectivity index (χ0v) is 16.2. The molecule has 0 radical (unpaired) electrons. The molecule has 2 aliphatic heterocycles. The third kappa shape index (κ3) is 3.88. The van der Waals surface area contributed by atoms with Crippen molar-refractivity contribution in [3.8, 4) is 0 Å². The summed E-state index contributed by atoms with van der Waals surface area (Å²) in [6.07, 6.45) is 6.57. The summed E-state index contributed by atoms with van der Waals surface area (Å²) in [5.74, 6) is 0.192. The third-order valence-electron chi connectivity index (χ3n) is 6.65. The van der Waals surface area contributed by atoms with Gasteiger partial charge in [0, 0.05) is 44.8 Å². The van der Waals surface area contributed by atoms with Crippen molar-refractivity contribution < 1.29 is 9.59 Å². The fourth-order valence-corrected chi connectivity index (χ4v) is 5.03. The van der Waals surface area contributed by atoms with Crippen molar-refractivity contribution in [3.05, 3.63) is 30.3 Å². The van der Waals surface area contributed by atoms with E-state index in [1.165, 1.54) is 12.1 Å². The number of carbonyl (C=O) groups is 2. The maximum Gasteiger partial charge on any atom is 0.235 e. The molecule has 1 aromatic rings. The monoisotopic (exact) mass is 369 g/mol. The molecule has 27 heavy (non-hydrogen) atoms. The number of imide groups is 1. The number of benzene rings is 1. The molecule has 3 aliphatic rings. The molecule has 1 aromatic carbocycles. The molecular weight excluding hydrogens is 338 g/mol. The highest BCUT2D eigenvalue weighted by atomic mass is 16.2. The smallest absolute Gasteiger partial charge is 0.235 e. The molecule has 0 unspecified atom stereocenters. The lowest BCUT2D eigenvalue weighted by molar-refractivity contribution is -0.142. The molecule has 0 bridgehead atoms. The Labute approximate surface area is 162 Å². The summed E-state index contributed by atoms with van der Waals surface area (Å²) < 4.78 is 0. The normalized spacial score (nSPS) is 23.4. The van der Waals surface area contributed by atoms with E-state index < -0.39 is 0 Å². The summed E-state index contributed by atoms with van der Waals surface area (Å²) >= 11 is 0. The van der Waals surface area contributed by atoms with Crippen LogP contribution in [0.15, 0.2) is 30.3 Å². The van der Waals surface area contributed by atoms with Gasteiger partial charge in [-0.3, -0.25) is 19.4 Å². The maximum absolute atomic E-state index is 12.9. The van der Waals surface area contributed by atoms with Gasteiger partial charge in [-0.15, -0.1) is 0 Å². The summed E-state index contributed by atoms with van der Waals surface area (Å²) in [7, 11) is 0. The van der Waals surface area contributed by atoms with Gasteiger partial charge in [0.15, 0.2) is 0 Å². The lowest BCUT2D eigenvalue weighted by Gasteiger charge is -2.36. The molecule has 1 aliphatic carbocycles. The van der Waals surface area contributed by atoms with E-state index in [0.29, 0.717) is 13.0 Å². The predicted molar refractivity (Wildman–Crippen MR) is 107 cm³/mol. The topological polar surface area (TPSA) is 43.9 Å². The van der Waals surface area contributed by atoms with E-state index >= 15 is 0 Å². The van der Waals surface area contributed by atoms with E-state index in [9.17, 15) is 9.59 Å². The second-order valence-electron chi connectivity index (χ2n) is 8.39. The molecule has 146 valence electrons. The van der Waals surface area contributed by atoms with E-state index in [-0.39, 0.29) is 17.2 Å². The van der Waals surface area contributed by atoms with Crippen molar-refractivity contribution in [1.29, 1.82) is 0 Å². The lowest BCUT2D eigenvalue weighted by atomic mass is 9.73. The second-order valence-corrected chi connectivity index (χ2v) is 8.39. The SMILES string of the molecule is O=C1CC2(CCCCC2)C(=O)N1CCCN1CCN(c2ccccc2)CC1. The van der Waals surface area contributed by atoms with Gasteiger partial charge in [0.1, 0.15) is 0 Å². The van der Waals surface area contributed by atoms with Gasteiger partial charge >= 0.3 is 0 Å². The molecule has 3 fully saturated rings. The summed E-state index contributed by atoms with van der Waals surface area (Å²) in [5.41, 5.74) is 0.958. The number of anilines is 1. The van der Waals surface area contributed by atoms with Crippen LogP contribution in [0.2, 0.25) is 0 Å². The summed E-state index contributed by atoms with van der Waals surface area (Å²) in [6, 6.07) is 10.6. The van der Waals surface area contributed by atoms with Gasteiger partial charge in [0.05, 0.1) is 5.41 Å². The van der Waals surface area contributed by atoms with Gasteiger partial charge in [-0.1, -0.05) is 37.5 Å². The van der Waals surface area contributed by atoms with Crippen molar-refractivity contribution in [1.82, 2.24) is 9.80 Å². The molecule has 5 heteroatoms. The van der Waals surface area contributed by atoms with Crippen LogP contribution in [0.3, 0.4) is 0 Å². The van der Waals surface area contributed by atoms with Gasteiger partial charge in [-0.25, -0.2) is 0 Å². The van der Waals surface area contributed by atoms with Crippen LogP contribution in [-0.2, 0) is 9.59 Å². The Hall–Kier alpha value is -1.88. The van der Waals surface area contributed by atoms with E-state index in [1.807, 2.05) is 0 Å². The van der Waals surface area contributed by atoms with Crippen LogP contribution in [0.5, 0.6) is 0 Å². The van der Waals surface area contributed by atoms with Crippen LogP contribution in [-0.4, -0.2) is 60.9 Å². The van der Waals surface area contributed by atoms with Gasteiger partial charge in [-0.2, -0.15) is 0 Å². The minimum Gasteiger partial charge on any atom is -0.369 e. The van der Waals surface area contributed by atoms with Crippen molar-refractivity contribution in [2.24, 2.45) is 5.41 Å². The number of rotatable bonds is 5. The molecule has 2 amide bonds. The summed E-state index contributed by atoms with van der Waals surface area (Å²) in [6.45, 7) is 5.72. The number of carbonyl (C=O) groups excluding carboxylic acids is 2. The zero-order valence-electron chi connectivity index (χ0n) is 16.2. The van der Waals surface area contributed by atoms with Crippen LogP contribution in [0.4, 0.5) is 5.69 Å². The van der Waals surface area contributed by atoms with E-state index in [4.69, 9.17) is 0 Å². The quantitative estimate of drug-likeness (QED) is 0.749. The van der Waals surface area contributed by atoms with Gasteiger partial charge in [-0.05, 0) is 37.9 Å². The zero-order chi connectivity index (χ0) is 18.7. The molecule has 4 rings (SSSR count). The number of amides is 2. The Morgan fingerprint density at radius 3 is 2.26 bits per heavy atom. The average Bonchev–Trinajstić information content (AvgIpc) is 2.93. The maximum atomic E-state index is 12.9. The highest BCUT2D eigenvalue weighted by Gasteiger charge is 2.51. The molecule has 1 saturated carbocycles. The first-order valence-corrected chi connectivity index (χ1v) is 10.6. The average molecular weight is 370 g/mol. The molecule has 0 aromatic heterocycles. The Balaban J connectivity index is 1.22. The Morgan fingerprint density at radius 1 is 0.852 bits per heavy atom. The number of hydrogen-bond acceptors (Lipinski definition) is 4. The van der Waals surface area contributed by atoms with Crippen LogP contribution >= 0.6 is 0 Å². The summed E-state index contributed by atoms with van der Waals surface area (Å²) in [4.78, 5) is 31.7. The second kappa shape index (κ2) is 8.01. The fraction of sp³-hybridized carbons (Fsp3) is 0.636. The molecule has 0 atom stereocenters. The molecular formula is C22H31N3O2. The van der Waals surface area contributed by atoms with Crippen molar-refractivity contribution >= 4 is 17.5 Å². The highest BCUT2D eigenvalue weighted by Crippen LogP contribution is 2.45. The first-order valence-electron chi connectivity index (χ1n) is 10.6. The number of likely N-dealkylation sites (tertiary alicyclic amines) is 1. The Kier molecular flexibility index (Phi) is 5.48. The van der Waals surface area contributed by atoms with Gasteiger partial charge < -0.3 is 4.90 Å². The van der Waals surface area contributed by atoms with Gasteiger partial charge in [0.25, 0.3) is 0 Å². The van der Waals surface area contributed by atoms with Crippen LogP contribution in [0, 0.1) is 5.41 Å².